The maximum absolute atomic E-state index is 11.8. The summed E-state index contributed by atoms with van der Waals surface area (Å²) in [5.41, 5.74) is 1.69. The van der Waals surface area contributed by atoms with Crippen molar-refractivity contribution in [3.63, 3.8) is 0 Å². The SMILES string of the molecule is CCCCCNC(=O)c1ccc(C)c(OC)c1. The maximum Gasteiger partial charge on any atom is 0.251 e. The zero-order chi connectivity index (χ0) is 12.7. The molecule has 0 aromatic heterocycles. The summed E-state index contributed by atoms with van der Waals surface area (Å²) in [6.45, 7) is 4.84. The first-order valence-corrected chi connectivity index (χ1v) is 6.12. The molecule has 0 fully saturated rings. The Labute approximate surface area is 103 Å². The minimum absolute atomic E-state index is 0.0283. The number of amides is 1. The van der Waals surface area contributed by atoms with Gasteiger partial charge in [0.2, 0.25) is 0 Å². The lowest BCUT2D eigenvalue weighted by molar-refractivity contribution is 0.0952. The molecular weight excluding hydrogens is 214 g/mol. The normalized spacial score (nSPS) is 10.1. The van der Waals surface area contributed by atoms with Gasteiger partial charge in [-0.3, -0.25) is 4.79 Å². The first kappa shape index (κ1) is 13.6. The molecule has 1 aromatic carbocycles. The maximum atomic E-state index is 11.8. The Balaban J connectivity index is 2.57. The molecule has 94 valence electrons. The Hall–Kier alpha value is -1.51. The van der Waals surface area contributed by atoms with Crippen LogP contribution in [0.15, 0.2) is 18.2 Å². The molecular formula is C14H21NO2. The van der Waals surface area contributed by atoms with Gasteiger partial charge in [-0.25, -0.2) is 0 Å². The summed E-state index contributed by atoms with van der Waals surface area (Å²) >= 11 is 0. The number of carbonyl (C=O) groups is 1. The van der Waals surface area contributed by atoms with Crippen LogP contribution in [0.2, 0.25) is 0 Å². The summed E-state index contributed by atoms with van der Waals surface area (Å²) < 4.78 is 5.20. The highest BCUT2D eigenvalue weighted by atomic mass is 16.5. The van der Waals surface area contributed by atoms with Gasteiger partial charge in [0.1, 0.15) is 5.75 Å². The average molecular weight is 235 g/mol. The Bertz CT molecular complexity index is 374. The Morgan fingerprint density at radius 1 is 1.35 bits per heavy atom. The molecule has 0 saturated heterocycles. The largest absolute Gasteiger partial charge is 0.496 e. The molecule has 3 nitrogen and oxygen atoms in total. The monoisotopic (exact) mass is 235 g/mol. The summed E-state index contributed by atoms with van der Waals surface area (Å²) in [4.78, 5) is 11.8. The topological polar surface area (TPSA) is 38.3 Å². The Morgan fingerprint density at radius 2 is 2.12 bits per heavy atom. The van der Waals surface area contributed by atoms with Crippen LogP contribution in [0.25, 0.3) is 0 Å². The van der Waals surface area contributed by atoms with E-state index in [9.17, 15) is 4.79 Å². The van der Waals surface area contributed by atoms with E-state index in [1.165, 1.54) is 0 Å². The lowest BCUT2D eigenvalue weighted by Gasteiger charge is -2.08. The lowest BCUT2D eigenvalue weighted by atomic mass is 10.1. The van der Waals surface area contributed by atoms with E-state index in [0.29, 0.717) is 5.56 Å². The molecule has 0 aliphatic heterocycles. The number of nitrogens with one attached hydrogen (secondary N) is 1. The highest BCUT2D eigenvalue weighted by molar-refractivity contribution is 5.94. The first-order valence-electron chi connectivity index (χ1n) is 6.12. The smallest absolute Gasteiger partial charge is 0.251 e. The van der Waals surface area contributed by atoms with E-state index in [1.54, 1.807) is 13.2 Å². The van der Waals surface area contributed by atoms with Crippen LogP contribution in [0.4, 0.5) is 0 Å². The number of hydrogen-bond acceptors (Lipinski definition) is 2. The van der Waals surface area contributed by atoms with Crippen LogP contribution in [0.5, 0.6) is 5.75 Å². The molecule has 0 spiro atoms. The second-order valence-corrected chi connectivity index (χ2v) is 4.15. The predicted molar refractivity (Wildman–Crippen MR) is 69.6 cm³/mol. The fraction of sp³-hybridized carbons (Fsp3) is 0.500. The Morgan fingerprint density at radius 3 is 2.76 bits per heavy atom. The molecule has 0 aliphatic carbocycles. The third-order valence-electron chi connectivity index (χ3n) is 2.74. The van der Waals surface area contributed by atoms with Crippen molar-refractivity contribution in [2.24, 2.45) is 0 Å². The van der Waals surface area contributed by atoms with E-state index in [-0.39, 0.29) is 5.91 Å². The van der Waals surface area contributed by atoms with Gasteiger partial charge in [0, 0.05) is 12.1 Å². The number of carbonyl (C=O) groups excluding carboxylic acids is 1. The molecule has 0 radical (unpaired) electrons. The van der Waals surface area contributed by atoms with Crippen molar-refractivity contribution < 1.29 is 9.53 Å². The molecule has 0 bridgehead atoms. The van der Waals surface area contributed by atoms with Crippen LogP contribution >= 0.6 is 0 Å². The summed E-state index contributed by atoms with van der Waals surface area (Å²) in [7, 11) is 1.62. The number of methoxy groups -OCH3 is 1. The van der Waals surface area contributed by atoms with Gasteiger partial charge >= 0.3 is 0 Å². The van der Waals surface area contributed by atoms with Crippen molar-refractivity contribution in [3.8, 4) is 5.75 Å². The third-order valence-corrected chi connectivity index (χ3v) is 2.74. The first-order chi connectivity index (χ1) is 8.19. The van der Waals surface area contributed by atoms with E-state index in [4.69, 9.17) is 4.74 Å². The van der Waals surface area contributed by atoms with Crippen LogP contribution < -0.4 is 10.1 Å². The molecule has 17 heavy (non-hydrogen) atoms. The van der Waals surface area contributed by atoms with Crippen LogP contribution in [0.1, 0.15) is 42.1 Å². The summed E-state index contributed by atoms with van der Waals surface area (Å²) in [6, 6.07) is 5.51. The van der Waals surface area contributed by atoms with Gasteiger partial charge in [-0.15, -0.1) is 0 Å². The van der Waals surface area contributed by atoms with E-state index in [1.807, 2.05) is 19.1 Å². The van der Waals surface area contributed by atoms with Gasteiger partial charge in [-0.2, -0.15) is 0 Å². The highest BCUT2D eigenvalue weighted by Gasteiger charge is 2.07. The number of hydrogen-bond donors (Lipinski definition) is 1. The molecule has 0 atom stereocenters. The minimum atomic E-state index is -0.0283. The van der Waals surface area contributed by atoms with Crippen LogP contribution in [-0.2, 0) is 0 Å². The van der Waals surface area contributed by atoms with Gasteiger partial charge in [0.25, 0.3) is 5.91 Å². The predicted octanol–water partition coefficient (Wildman–Crippen LogP) is 2.92. The van der Waals surface area contributed by atoms with Crippen LogP contribution in [0.3, 0.4) is 0 Å². The molecule has 1 aromatic rings. The summed E-state index contributed by atoms with van der Waals surface area (Å²) in [6.07, 6.45) is 3.34. The van der Waals surface area contributed by atoms with Crippen molar-refractivity contribution in [2.75, 3.05) is 13.7 Å². The van der Waals surface area contributed by atoms with Crippen LogP contribution in [0, 0.1) is 6.92 Å². The number of benzene rings is 1. The van der Waals surface area contributed by atoms with Crippen LogP contribution in [-0.4, -0.2) is 19.6 Å². The molecule has 0 heterocycles. The molecule has 1 N–H and O–H groups in total. The fourth-order valence-corrected chi connectivity index (χ4v) is 1.64. The fourth-order valence-electron chi connectivity index (χ4n) is 1.64. The molecule has 0 aliphatic rings. The summed E-state index contributed by atoms with van der Waals surface area (Å²) in [5, 5.41) is 2.91. The standard InChI is InChI=1S/C14H21NO2/c1-4-5-6-9-15-14(16)12-8-7-11(2)13(10-12)17-3/h7-8,10H,4-6,9H2,1-3H3,(H,15,16). The molecule has 1 rings (SSSR count). The van der Waals surface area contributed by atoms with Crippen molar-refractivity contribution in [3.05, 3.63) is 29.3 Å². The average Bonchev–Trinajstić information content (AvgIpc) is 2.35. The van der Waals surface area contributed by atoms with Crippen molar-refractivity contribution in [1.82, 2.24) is 5.32 Å². The summed E-state index contributed by atoms with van der Waals surface area (Å²) in [5.74, 6) is 0.727. The third kappa shape index (κ3) is 4.10. The number of unbranched alkanes of at least 4 members (excludes halogenated alkanes) is 2. The van der Waals surface area contributed by atoms with Gasteiger partial charge in [-0.05, 0) is 31.0 Å². The highest BCUT2D eigenvalue weighted by Crippen LogP contribution is 2.18. The zero-order valence-corrected chi connectivity index (χ0v) is 10.9. The Kier molecular flexibility index (Phi) is 5.53. The second kappa shape index (κ2) is 6.94. The van der Waals surface area contributed by atoms with Crippen molar-refractivity contribution >= 4 is 5.91 Å². The van der Waals surface area contributed by atoms with Crippen molar-refractivity contribution in [1.29, 1.82) is 0 Å². The number of rotatable bonds is 6. The van der Waals surface area contributed by atoms with E-state index < -0.39 is 0 Å². The molecule has 1 amide bonds. The van der Waals surface area contributed by atoms with E-state index in [0.717, 1.165) is 37.1 Å². The van der Waals surface area contributed by atoms with Crippen molar-refractivity contribution in [2.45, 2.75) is 33.1 Å². The van der Waals surface area contributed by atoms with E-state index in [2.05, 4.69) is 12.2 Å². The van der Waals surface area contributed by atoms with Gasteiger partial charge in [-0.1, -0.05) is 25.8 Å². The second-order valence-electron chi connectivity index (χ2n) is 4.15. The zero-order valence-electron chi connectivity index (χ0n) is 10.9. The molecule has 3 heteroatoms. The quantitative estimate of drug-likeness (QED) is 0.770. The van der Waals surface area contributed by atoms with E-state index >= 15 is 0 Å². The molecule has 0 saturated carbocycles. The van der Waals surface area contributed by atoms with Gasteiger partial charge in [0.15, 0.2) is 0 Å². The molecule has 0 unspecified atom stereocenters. The van der Waals surface area contributed by atoms with Gasteiger partial charge < -0.3 is 10.1 Å². The lowest BCUT2D eigenvalue weighted by Crippen LogP contribution is -2.24. The number of ether oxygens (including phenoxy) is 1. The minimum Gasteiger partial charge on any atom is -0.496 e. The number of aryl methyl sites for hydroxylation is 1. The van der Waals surface area contributed by atoms with Gasteiger partial charge in [0.05, 0.1) is 7.11 Å².